The Balaban J connectivity index is 1.92. The van der Waals surface area contributed by atoms with Crippen LogP contribution >= 0.6 is 0 Å². The van der Waals surface area contributed by atoms with Gasteiger partial charge in [-0.3, -0.25) is 0 Å². The summed E-state index contributed by atoms with van der Waals surface area (Å²) in [6.45, 7) is 1.96. The Hall–Kier alpha value is -1.09. The third-order valence-corrected chi connectivity index (χ3v) is 2.37. The zero-order chi connectivity index (χ0) is 9.80. The Labute approximate surface area is 83.1 Å². The minimum Gasteiger partial charge on any atom is -0.489 e. The first-order valence-electron chi connectivity index (χ1n) is 4.97. The van der Waals surface area contributed by atoms with Gasteiger partial charge < -0.3 is 10.1 Å². The smallest absolute Gasteiger partial charge is 0.123 e. The highest BCUT2D eigenvalue weighted by Crippen LogP contribution is 2.15. The number of halogens is 1. The van der Waals surface area contributed by atoms with Gasteiger partial charge in [-0.05, 0) is 43.7 Å². The van der Waals surface area contributed by atoms with Gasteiger partial charge in [0.2, 0.25) is 0 Å². The predicted molar refractivity (Wildman–Crippen MR) is 52.9 cm³/mol. The topological polar surface area (TPSA) is 21.3 Å². The van der Waals surface area contributed by atoms with Gasteiger partial charge in [0.25, 0.3) is 0 Å². The summed E-state index contributed by atoms with van der Waals surface area (Å²) in [4.78, 5) is 0. The minimum absolute atomic E-state index is 0.223. The molecular weight excluding hydrogens is 181 g/mol. The van der Waals surface area contributed by atoms with E-state index in [1.54, 1.807) is 12.1 Å². The number of rotatable bonds is 2. The minimum atomic E-state index is -0.223. The van der Waals surface area contributed by atoms with Crippen molar-refractivity contribution < 1.29 is 9.13 Å². The number of piperidine rings is 1. The maximum atomic E-state index is 12.6. The maximum Gasteiger partial charge on any atom is 0.123 e. The van der Waals surface area contributed by atoms with E-state index in [1.165, 1.54) is 12.1 Å². The lowest BCUT2D eigenvalue weighted by Crippen LogP contribution is -2.37. The van der Waals surface area contributed by atoms with Crippen molar-refractivity contribution in [1.29, 1.82) is 0 Å². The molecule has 0 bridgehead atoms. The molecule has 0 saturated carbocycles. The highest BCUT2D eigenvalue weighted by Gasteiger charge is 2.13. The summed E-state index contributed by atoms with van der Waals surface area (Å²) in [7, 11) is 0. The van der Waals surface area contributed by atoms with Gasteiger partial charge in [0, 0.05) is 6.54 Å². The van der Waals surface area contributed by atoms with E-state index < -0.39 is 0 Å². The van der Waals surface area contributed by atoms with Crippen molar-refractivity contribution in [3.63, 3.8) is 0 Å². The lowest BCUT2D eigenvalue weighted by Gasteiger charge is -2.23. The van der Waals surface area contributed by atoms with Crippen LogP contribution in [0.1, 0.15) is 12.8 Å². The van der Waals surface area contributed by atoms with Crippen molar-refractivity contribution in [3.05, 3.63) is 30.1 Å². The van der Waals surface area contributed by atoms with Crippen LogP contribution in [0.3, 0.4) is 0 Å². The van der Waals surface area contributed by atoms with Gasteiger partial charge in [0.1, 0.15) is 17.7 Å². The summed E-state index contributed by atoms with van der Waals surface area (Å²) < 4.78 is 18.3. The molecule has 1 saturated heterocycles. The molecule has 0 aromatic heterocycles. The number of hydrogen-bond donors (Lipinski definition) is 1. The summed E-state index contributed by atoms with van der Waals surface area (Å²) in [5.74, 6) is 0.527. The maximum absolute atomic E-state index is 12.6. The predicted octanol–water partition coefficient (Wildman–Crippen LogP) is 1.96. The Bertz CT molecular complexity index is 280. The van der Waals surface area contributed by atoms with Crippen molar-refractivity contribution >= 4 is 0 Å². The number of benzene rings is 1. The zero-order valence-electron chi connectivity index (χ0n) is 8.00. The number of nitrogens with one attached hydrogen (secondary N) is 1. The lowest BCUT2D eigenvalue weighted by atomic mass is 10.1. The Morgan fingerprint density at radius 3 is 2.71 bits per heavy atom. The second-order valence-corrected chi connectivity index (χ2v) is 3.54. The molecule has 14 heavy (non-hydrogen) atoms. The quantitative estimate of drug-likeness (QED) is 0.778. The summed E-state index contributed by atoms with van der Waals surface area (Å²) >= 11 is 0. The molecule has 76 valence electrons. The van der Waals surface area contributed by atoms with Crippen molar-refractivity contribution in [2.45, 2.75) is 18.9 Å². The molecule has 1 aliphatic heterocycles. The van der Waals surface area contributed by atoms with E-state index in [2.05, 4.69) is 5.32 Å². The third kappa shape index (κ3) is 2.45. The summed E-state index contributed by atoms with van der Waals surface area (Å²) in [5.41, 5.74) is 0. The fraction of sp³-hybridized carbons (Fsp3) is 0.455. The molecular formula is C11H14FNO. The summed E-state index contributed by atoms with van der Waals surface area (Å²) in [6.07, 6.45) is 2.45. The molecule has 1 aliphatic rings. The van der Waals surface area contributed by atoms with E-state index in [-0.39, 0.29) is 11.9 Å². The van der Waals surface area contributed by atoms with Crippen LogP contribution in [0.2, 0.25) is 0 Å². The number of ether oxygens (including phenoxy) is 1. The van der Waals surface area contributed by atoms with Crippen LogP contribution in [0.5, 0.6) is 5.75 Å². The van der Waals surface area contributed by atoms with E-state index in [9.17, 15) is 4.39 Å². The lowest BCUT2D eigenvalue weighted by molar-refractivity contribution is 0.167. The van der Waals surface area contributed by atoms with Crippen LogP contribution in [-0.4, -0.2) is 19.2 Å². The highest BCUT2D eigenvalue weighted by atomic mass is 19.1. The number of hydrogen-bond acceptors (Lipinski definition) is 2. The Kier molecular flexibility index (Phi) is 2.99. The first-order chi connectivity index (χ1) is 6.84. The van der Waals surface area contributed by atoms with Gasteiger partial charge in [-0.1, -0.05) is 0 Å². The van der Waals surface area contributed by atoms with Crippen LogP contribution in [0.15, 0.2) is 24.3 Å². The first kappa shape index (κ1) is 9.46. The molecule has 0 radical (unpaired) electrons. The van der Waals surface area contributed by atoms with Gasteiger partial charge in [-0.25, -0.2) is 4.39 Å². The average Bonchev–Trinajstić information content (AvgIpc) is 2.23. The Morgan fingerprint density at radius 1 is 1.29 bits per heavy atom. The molecule has 0 aliphatic carbocycles. The normalized spacial score (nSPS) is 21.9. The first-order valence-corrected chi connectivity index (χ1v) is 4.97. The highest BCUT2D eigenvalue weighted by molar-refractivity contribution is 5.22. The Morgan fingerprint density at radius 2 is 2.07 bits per heavy atom. The van der Waals surface area contributed by atoms with Crippen LogP contribution in [0.25, 0.3) is 0 Å². The van der Waals surface area contributed by atoms with Crippen LogP contribution < -0.4 is 10.1 Å². The van der Waals surface area contributed by atoms with E-state index in [4.69, 9.17) is 4.74 Å². The van der Waals surface area contributed by atoms with Crippen molar-refractivity contribution in [3.8, 4) is 5.75 Å². The largest absolute Gasteiger partial charge is 0.489 e. The van der Waals surface area contributed by atoms with E-state index in [1.807, 2.05) is 0 Å². The van der Waals surface area contributed by atoms with Gasteiger partial charge in [-0.15, -0.1) is 0 Å². The van der Waals surface area contributed by atoms with Crippen molar-refractivity contribution in [1.82, 2.24) is 5.32 Å². The standard InChI is InChI=1S/C11H14FNO/c12-9-3-5-10(6-4-9)14-11-2-1-7-13-8-11/h3-6,11,13H,1-2,7-8H2/t11-/m0/s1. The van der Waals surface area contributed by atoms with Crippen molar-refractivity contribution in [2.75, 3.05) is 13.1 Å². The van der Waals surface area contributed by atoms with E-state index in [0.29, 0.717) is 0 Å². The monoisotopic (exact) mass is 195 g/mol. The fourth-order valence-electron chi connectivity index (χ4n) is 1.63. The van der Waals surface area contributed by atoms with E-state index >= 15 is 0 Å². The molecule has 1 aromatic carbocycles. The van der Waals surface area contributed by atoms with Gasteiger partial charge in [0.05, 0.1) is 0 Å². The molecule has 0 spiro atoms. The second-order valence-electron chi connectivity index (χ2n) is 3.54. The van der Waals surface area contributed by atoms with E-state index in [0.717, 1.165) is 31.7 Å². The van der Waals surface area contributed by atoms with Crippen LogP contribution in [-0.2, 0) is 0 Å². The molecule has 1 heterocycles. The molecule has 1 fully saturated rings. The summed E-state index contributed by atoms with van der Waals surface area (Å²) in [6, 6.07) is 6.19. The molecule has 1 aromatic rings. The van der Waals surface area contributed by atoms with Crippen molar-refractivity contribution in [2.24, 2.45) is 0 Å². The molecule has 2 rings (SSSR count). The third-order valence-electron chi connectivity index (χ3n) is 2.37. The van der Waals surface area contributed by atoms with Gasteiger partial charge in [0.15, 0.2) is 0 Å². The molecule has 0 amide bonds. The SMILES string of the molecule is Fc1ccc(O[C@H]2CCCNC2)cc1. The molecule has 1 atom stereocenters. The molecule has 3 heteroatoms. The average molecular weight is 195 g/mol. The van der Waals surface area contributed by atoms with Crippen LogP contribution in [0, 0.1) is 5.82 Å². The molecule has 0 unspecified atom stereocenters. The van der Waals surface area contributed by atoms with Crippen LogP contribution in [0.4, 0.5) is 4.39 Å². The second kappa shape index (κ2) is 4.42. The zero-order valence-corrected chi connectivity index (χ0v) is 8.00. The summed E-state index contributed by atoms with van der Waals surface area (Å²) in [5, 5.41) is 3.27. The molecule has 2 nitrogen and oxygen atoms in total. The van der Waals surface area contributed by atoms with Gasteiger partial charge >= 0.3 is 0 Å². The van der Waals surface area contributed by atoms with Gasteiger partial charge in [-0.2, -0.15) is 0 Å². The fourth-order valence-corrected chi connectivity index (χ4v) is 1.63. The molecule has 1 N–H and O–H groups in total.